The van der Waals surface area contributed by atoms with E-state index in [1.54, 1.807) is 0 Å². The number of nitrogens with zero attached hydrogens (tertiary/aromatic N) is 3. The van der Waals surface area contributed by atoms with Crippen LogP contribution >= 0.6 is 0 Å². The average Bonchev–Trinajstić information content (AvgIpc) is 3.23. The predicted octanol–water partition coefficient (Wildman–Crippen LogP) is 5.67. The van der Waals surface area contributed by atoms with Crippen molar-refractivity contribution in [1.29, 1.82) is 0 Å². The van der Waals surface area contributed by atoms with Crippen molar-refractivity contribution in [3.8, 4) is 22.5 Å². The Morgan fingerprint density at radius 1 is 0.781 bits per heavy atom. The topological polar surface area (TPSA) is 35.2 Å². The van der Waals surface area contributed by atoms with Crippen molar-refractivity contribution in [1.82, 2.24) is 14.9 Å². The van der Waals surface area contributed by atoms with Crippen LogP contribution in [0.15, 0.2) is 66.7 Å². The maximum Gasteiger partial charge on any atom is 0.416 e. The molecule has 0 amide bonds. The molecule has 0 atom stereocenters. The number of alkyl halides is 3. The molecule has 3 aromatic carbocycles. The molecule has 7 heteroatoms. The number of piperazine rings is 1. The second-order valence-electron chi connectivity index (χ2n) is 8.23. The normalized spacial score (nSPS) is 15.4. The van der Waals surface area contributed by atoms with E-state index < -0.39 is 11.7 Å². The summed E-state index contributed by atoms with van der Waals surface area (Å²) in [6.45, 7) is 4.21. The van der Waals surface area contributed by atoms with E-state index in [0.29, 0.717) is 16.9 Å². The molecule has 1 fully saturated rings. The molecule has 0 unspecified atom stereocenters. The largest absolute Gasteiger partial charge is 0.416 e. The standard InChI is InChI=1S/C25H23F3N4/c1-31-12-14-32(15-13-31)21-9-6-18(7-10-21)17-2-4-19(5-3-17)24-29-22-11-8-20(25(26,27)28)16-23(22)30-24/h2-11,16H,12-15H2,1H3,(H,29,30). The second kappa shape index (κ2) is 7.98. The highest BCUT2D eigenvalue weighted by atomic mass is 19.4. The summed E-state index contributed by atoms with van der Waals surface area (Å²) >= 11 is 0. The molecule has 2 heterocycles. The van der Waals surface area contributed by atoms with E-state index in [1.807, 2.05) is 24.3 Å². The molecule has 0 aliphatic carbocycles. The number of rotatable bonds is 3. The third-order valence-corrected chi connectivity index (χ3v) is 6.04. The third kappa shape index (κ3) is 4.08. The van der Waals surface area contributed by atoms with Crippen LogP contribution < -0.4 is 4.90 Å². The van der Waals surface area contributed by atoms with Gasteiger partial charge in [-0.1, -0.05) is 36.4 Å². The van der Waals surface area contributed by atoms with Gasteiger partial charge in [-0.2, -0.15) is 13.2 Å². The summed E-state index contributed by atoms with van der Waals surface area (Å²) in [4.78, 5) is 12.2. The van der Waals surface area contributed by atoms with Gasteiger partial charge < -0.3 is 14.8 Å². The fourth-order valence-electron chi connectivity index (χ4n) is 4.07. The zero-order valence-corrected chi connectivity index (χ0v) is 17.7. The van der Waals surface area contributed by atoms with E-state index in [-0.39, 0.29) is 0 Å². The van der Waals surface area contributed by atoms with E-state index in [9.17, 15) is 13.2 Å². The lowest BCUT2D eigenvalue weighted by molar-refractivity contribution is -0.137. The van der Waals surface area contributed by atoms with E-state index >= 15 is 0 Å². The van der Waals surface area contributed by atoms with Gasteiger partial charge in [0.25, 0.3) is 0 Å². The van der Waals surface area contributed by atoms with E-state index in [0.717, 1.165) is 55.0 Å². The van der Waals surface area contributed by atoms with Crippen molar-refractivity contribution in [2.45, 2.75) is 6.18 Å². The van der Waals surface area contributed by atoms with Gasteiger partial charge in [0.2, 0.25) is 0 Å². The number of nitrogens with one attached hydrogen (secondary N) is 1. The minimum atomic E-state index is -4.37. The molecule has 4 aromatic rings. The van der Waals surface area contributed by atoms with Crippen molar-refractivity contribution < 1.29 is 13.2 Å². The minimum absolute atomic E-state index is 0.374. The third-order valence-electron chi connectivity index (χ3n) is 6.04. The lowest BCUT2D eigenvalue weighted by Crippen LogP contribution is -2.44. The van der Waals surface area contributed by atoms with Crippen LogP contribution in [0.1, 0.15) is 5.56 Å². The summed E-state index contributed by atoms with van der Waals surface area (Å²) in [6.07, 6.45) is -4.37. The number of aromatic nitrogens is 2. The van der Waals surface area contributed by atoms with Gasteiger partial charge in [0, 0.05) is 37.4 Å². The molecular weight excluding hydrogens is 413 g/mol. The minimum Gasteiger partial charge on any atom is -0.369 e. The Kier molecular flexibility index (Phi) is 5.13. The zero-order valence-electron chi connectivity index (χ0n) is 17.7. The molecule has 0 radical (unpaired) electrons. The fourth-order valence-corrected chi connectivity index (χ4v) is 4.07. The van der Waals surface area contributed by atoms with Crippen molar-refractivity contribution in [3.63, 3.8) is 0 Å². The van der Waals surface area contributed by atoms with Crippen molar-refractivity contribution in [3.05, 3.63) is 72.3 Å². The van der Waals surface area contributed by atoms with Crippen LogP contribution in [0.25, 0.3) is 33.5 Å². The van der Waals surface area contributed by atoms with Crippen LogP contribution in [0.3, 0.4) is 0 Å². The molecule has 1 saturated heterocycles. The summed E-state index contributed by atoms with van der Waals surface area (Å²) in [7, 11) is 2.15. The molecule has 32 heavy (non-hydrogen) atoms. The summed E-state index contributed by atoms with van der Waals surface area (Å²) in [5, 5.41) is 0. The summed E-state index contributed by atoms with van der Waals surface area (Å²) in [5.41, 5.74) is 4.46. The number of likely N-dealkylation sites (N-methyl/N-ethyl adjacent to an activating group) is 1. The SMILES string of the molecule is CN1CCN(c2ccc(-c3ccc(-c4nc5ccc(C(F)(F)F)cc5[nH]4)cc3)cc2)CC1. The summed E-state index contributed by atoms with van der Waals surface area (Å²) in [6, 6.07) is 20.0. The molecule has 1 aliphatic rings. The Bertz CT molecular complexity index is 1220. The first-order chi connectivity index (χ1) is 15.4. The van der Waals surface area contributed by atoms with Crippen LogP contribution in [-0.2, 0) is 6.18 Å². The number of benzene rings is 3. The Morgan fingerprint density at radius 3 is 2.00 bits per heavy atom. The van der Waals surface area contributed by atoms with Gasteiger partial charge in [0.15, 0.2) is 0 Å². The van der Waals surface area contributed by atoms with Crippen LogP contribution in [0.4, 0.5) is 18.9 Å². The van der Waals surface area contributed by atoms with Crippen molar-refractivity contribution in [2.75, 3.05) is 38.1 Å². The highest BCUT2D eigenvalue weighted by Crippen LogP contribution is 2.32. The zero-order chi connectivity index (χ0) is 22.3. The van der Waals surface area contributed by atoms with E-state index in [4.69, 9.17) is 0 Å². The summed E-state index contributed by atoms with van der Waals surface area (Å²) in [5.74, 6) is 0.552. The number of hydrogen-bond donors (Lipinski definition) is 1. The number of fused-ring (bicyclic) bond motifs is 1. The van der Waals surface area contributed by atoms with Gasteiger partial charge in [0.05, 0.1) is 16.6 Å². The Morgan fingerprint density at radius 2 is 1.38 bits per heavy atom. The molecule has 1 N–H and O–H groups in total. The van der Waals surface area contributed by atoms with Crippen LogP contribution in [0.2, 0.25) is 0 Å². The monoisotopic (exact) mass is 436 g/mol. The van der Waals surface area contributed by atoms with Gasteiger partial charge in [0.1, 0.15) is 5.82 Å². The number of anilines is 1. The molecule has 1 aliphatic heterocycles. The number of H-pyrrole nitrogens is 1. The second-order valence-corrected chi connectivity index (χ2v) is 8.23. The average molecular weight is 436 g/mol. The Hall–Kier alpha value is -3.32. The molecular formula is C25H23F3N4. The van der Waals surface area contributed by atoms with E-state index in [1.165, 1.54) is 11.8 Å². The van der Waals surface area contributed by atoms with E-state index in [2.05, 4.69) is 51.1 Å². The lowest BCUT2D eigenvalue weighted by Gasteiger charge is -2.34. The molecule has 0 bridgehead atoms. The van der Waals surface area contributed by atoms with Gasteiger partial charge in [-0.25, -0.2) is 4.98 Å². The van der Waals surface area contributed by atoms with Gasteiger partial charge in [-0.15, -0.1) is 0 Å². The molecule has 5 rings (SSSR count). The molecule has 4 nitrogen and oxygen atoms in total. The summed E-state index contributed by atoms with van der Waals surface area (Å²) < 4.78 is 38.9. The van der Waals surface area contributed by atoms with Gasteiger partial charge in [-0.05, 0) is 48.5 Å². The maximum atomic E-state index is 13.0. The maximum absolute atomic E-state index is 13.0. The van der Waals surface area contributed by atoms with Crippen LogP contribution in [0.5, 0.6) is 0 Å². The lowest BCUT2D eigenvalue weighted by atomic mass is 10.0. The quantitative estimate of drug-likeness (QED) is 0.450. The van der Waals surface area contributed by atoms with Gasteiger partial charge >= 0.3 is 6.18 Å². The smallest absolute Gasteiger partial charge is 0.369 e. The highest BCUT2D eigenvalue weighted by molar-refractivity contribution is 5.80. The first kappa shape index (κ1) is 20.6. The van der Waals surface area contributed by atoms with Crippen LogP contribution in [0, 0.1) is 0 Å². The van der Waals surface area contributed by atoms with Crippen LogP contribution in [-0.4, -0.2) is 48.1 Å². The number of imidazole rings is 1. The fraction of sp³-hybridized carbons (Fsp3) is 0.240. The van der Waals surface area contributed by atoms with Gasteiger partial charge in [-0.3, -0.25) is 0 Å². The molecule has 0 saturated carbocycles. The first-order valence-corrected chi connectivity index (χ1v) is 10.6. The van der Waals surface area contributed by atoms with Crippen molar-refractivity contribution >= 4 is 16.7 Å². The Labute approximate surface area is 184 Å². The highest BCUT2D eigenvalue weighted by Gasteiger charge is 2.30. The number of halogens is 3. The first-order valence-electron chi connectivity index (χ1n) is 10.6. The number of aromatic amines is 1. The molecule has 0 spiro atoms. The number of hydrogen-bond acceptors (Lipinski definition) is 3. The molecule has 1 aromatic heterocycles. The molecule has 164 valence electrons. The van der Waals surface area contributed by atoms with Crippen molar-refractivity contribution in [2.24, 2.45) is 0 Å². The Balaban J connectivity index is 1.35. The predicted molar refractivity (Wildman–Crippen MR) is 122 cm³/mol.